The largest absolute Gasteiger partial charge is 0.417 e. The van der Waals surface area contributed by atoms with Crippen LogP contribution in [0.25, 0.3) is 0 Å². The summed E-state index contributed by atoms with van der Waals surface area (Å²) < 4.78 is 37.9. The number of hydrogen-bond donors (Lipinski definition) is 0. The van der Waals surface area contributed by atoms with Crippen LogP contribution >= 0.6 is 22.6 Å². The molecule has 1 aromatic carbocycles. The van der Waals surface area contributed by atoms with Gasteiger partial charge in [0.1, 0.15) is 0 Å². The van der Waals surface area contributed by atoms with E-state index in [9.17, 15) is 22.8 Å². The first-order chi connectivity index (χ1) is 7.27. The van der Waals surface area contributed by atoms with E-state index < -0.39 is 23.1 Å². The van der Waals surface area contributed by atoms with E-state index >= 15 is 0 Å². The minimum Gasteiger partial charge on any atom is -0.298 e. The van der Waals surface area contributed by atoms with Gasteiger partial charge < -0.3 is 0 Å². The fourth-order valence-corrected chi connectivity index (χ4v) is 1.93. The number of rotatable bonds is 2. The van der Waals surface area contributed by atoms with Gasteiger partial charge in [-0.2, -0.15) is 13.2 Å². The van der Waals surface area contributed by atoms with Crippen LogP contribution in [0.1, 0.15) is 33.2 Å². The Bertz CT molecular complexity index is 452. The van der Waals surface area contributed by atoms with Crippen molar-refractivity contribution in [2.75, 3.05) is 0 Å². The molecule has 0 fully saturated rings. The van der Waals surface area contributed by atoms with E-state index in [4.69, 9.17) is 0 Å². The van der Waals surface area contributed by atoms with E-state index in [1.165, 1.54) is 13.0 Å². The van der Waals surface area contributed by atoms with E-state index in [1.54, 1.807) is 22.6 Å². The molecule has 0 saturated heterocycles. The molecule has 0 spiro atoms. The maximum absolute atomic E-state index is 12.6. The highest BCUT2D eigenvalue weighted by Crippen LogP contribution is 2.34. The third-order valence-electron chi connectivity index (χ3n) is 1.96. The maximum Gasteiger partial charge on any atom is 0.417 e. The molecule has 0 amide bonds. The van der Waals surface area contributed by atoms with Crippen molar-refractivity contribution in [1.29, 1.82) is 0 Å². The van der Waals surface area contributed by atoms with Crippen LogP contribution in [0.2, 0.25) is 0 Å². The second-order valence-electron chi connectivity index (χ2n) is 3.09. The number of aldehydes is 1. The average molecular weight is 342 g/mol. The summed E-state index contributed by atoms with van der Waals surface area (Å²) in [5.41, 5.74) is -1.56. The Morgan fingerprint density at radius 3 is 2.31 bits per heavy atom. The standard InChI is InChI=1S/C10H6F3IO2/c1-5(16)6-2-8(10(11,12)13)7(4-15)9(14)3-6/h2-4H,1H3. The van der Waals surface area contributed by atoms with Crippen LogP contribution in [0.5, 0.6) is 0 Å². The molecule has 0 N–H and O–H groups in total. The van der Waals surface area contributed by atoms with Gasteiger partial charge in [0.2, 0.25) is 0 Å². The number of Topliss-reactive ketones (excluding diaryl/α,β-unsaturated/α-hetero) is 1. The molecule has 16 heavy (non-hydrogen) atoms. The van der Waals surface area contributed by atoms with Crippen LogP contribution in [0.4, 0.5) is 13.2 Å². The Morgan fingerprint density at radius 1 is 1.38 bits per heavy atom. The van der Waals surface area contributed by atoms with Gasteiger partial charge in [0, 0.05) is 14.7 Å². The Morgan fingerprint density at radius 2 is 1.94 bits per heavy atom. The van der Waals surface area contributed by atoms with Crippen LogP contribution < -0.4 is 0 Å². The first-order valence-electron chi connectivity index (χ1n) is 4.14. The lowest BCUT2D eigenvalue weighted by Gasteiger charge is -2.12. The predicted octanol–water partition coefficient (Wildman–Crippen LogP) is 3.33. The Kier molecular flexibility index (Phi) is 3.72. The van der Waals surface area contributed by atoms with Gasteiger partial charge >= 0.3 is 6.18 Å². The minimum absolute atomic E-state index is 0.0534. The van der Waals surface area contributed by atoms with Crippen molar-refractivity contribution in [3.05, 3.63) is 32.4 Å². The van der Waals surface area contributed by atoms with Gasteiger partial charge in [-0.1, -0.05) is 0 Å². The van der Waals surface area contributed by atoms with Crippen LogP contribution in [-0.2, 0) is 6.18 Å². The zero-order chi connectivity index (χ0) is 12.5. The topological polar surface area (TPSA) is 34.1 Å². The number of carbonyl (C=O) groups excluding carboxylic acids is 2. The molecular weight excluding hydrogens is 336 g/mol. The molecule has 2 nitrogen and oxygen atoms in total. The fourth-order valence-electron chi connectivity index (χ4n) is 1.18. The van der Waals surface area contributed by atoms with Gasteiger partial charge in [-0.25, -0.2) is 0 Å². The van der Waals surface area contributed by atoms with Gasteiger partial charge in [-0.3, -0.25) is 9.59 Å². The number of benzene rings is 1. The molecule has 0 aliphatic heterocycles. The van der Waals surface area contributed by atoms with Crippen molar-refractivity contribution in [1.82, 2.24) is 0 Å². The van der Waals surface area contributed by atoms with Crippen molar-refractivity contribution in [3.8, 4) is 0 Å². The van der Waals surface area contributed by atoms with Gasteiger partial charge in [0.15, 0.2) is 12.1 Å². The third kappa shape index (κ3) is 2.60. The lowest BCUT2D eigenvalue weighted by molar-refractivity contribution is -0.137. The monoisotopic (exact) mass is 342 g/mol. The number of carbonyl (C=O) groups is 2. The number of halogens is 4. The number of ketones is 1. The van der Waals surface area contributed by atoms with Crippen molar-refractivity contribution >= 4 is 34.7 Å². The van der Waals surface area contributed by atoms with E-state index in [-0.39, 0.29) is 15.4 Å². The summed E-state index contributed by atoms with van der Waals surface area (Å²) >= 11 is 1.60. The minimum atomic E-state index is -4.64. The Hall–Kier alpha value is -0.920. The highest BCUT2D eigenvalue weighted by Gasteiger charge is 2.34. The van der Waals surface area contributed by atoms with Crippen molar-refractivity contribution in [2.24, 2.45) is 0 Å². The van der Waals surface area contributed by atoms with Gasteiger partial charge in [-0.05, 0) is 41.6 Å². The smallest absolute Gasteiger partial charge is 0.298 e. The molecule has 0 bridgehead atoms. The van der Waals surface area contributed by atoms with Gasteiger partial charge in [-0.15, -0.1) is 0 Å². The number of alkyl halides is 3. The summed E-state index contributed by atoms with van der Waals surface area (Å²) in [5.74, 6) is -0.471. The normalized spacial score (nSPS) is 11.3. The predicted molar refractivity (Wildman–Crippen MR) is 59.6 cm³/mol. The van der Waals surface area contributed by atoms with Gasteiger partial charge in [0.05, 0.1) is 5.56 Å². The summed E-state index contributed by atoms with van der Waals surface area (Å²) in [4.78, 5) is 21.6. The van der Waals surface area contributed by atoms with Gasteiger partial charge in [0.25, 0.3) is 0 Å². The summed E-state index contributed by atoms with van der Waals surface area (Å²) in [7, 11) is 0. The van der Waals surface area contributed by atoms with Crippen molar-refractivity contribution < 1.29 is 22.8 Å². The molecule has 0 heterocycles. The Balaban J connectivity index is 3.55. The summed E-state index contributed by atoms with van der Waals surface area (Å²) in [6.45, 7) is 1.17. The molecule has 0 aliphatic rings. The quantitative estimate of drug-likeness (QED) is 0.469. The summed E-state index contributed by atoms with van der Waals surface area (Å²) in [6.07, 6.45) is -4.49. The zero-order valence-corrected chi connectivity index (χ0v) is 10.2. The molecule has 0 aliphatic carbocycles. The maximum atomic E-state index is 12.6. The van der Waals surface area contributed by atoms with E-state index in [1.807, 2.05) is 0 Å². The van der Waals surface area contributed by atoms with E-state index in [0.717, 1.165) is 0 Å². The molecule has 0 saturated carbocycles. The molecule has 6 heteroatoms. The molecule has 1 aromatic rings. The lowest BCUT2D eigenvalue weighted by Crippen LogP contribution is -2.12. The molecule has 86 valence electrons. The molecule has 0 atom stereocenters. The van der Waals surface area contributed by atoms with E-state index in [0.29, 0.717) is 6.07 Å². The van der Waals surface area contributed by atoms with Crippen molar-refractivity contribution in [2.45, 2.75) is 13.1 Å². The first-order valence-corrected chi connectivity index (χ1v) is 5.22. The lowest BCUT2D eigenvalue weighted by atomic mass is 10.0. The summed E-state index contributed by atoms with van der Waals surface area (Å²) in [5, 5.41) is 0. The van der Waals surface area contributed by atoms with Crippen LogP contribution in [0.3, 0.4) is 0 Å². The molecular formula is C10H6F3IO2. The molecule has 0 unspecified atom stereocenters. The van der Waals surface area contributed by atoms with Crippen LogP contribution in [0, 0.1) is 3.57 Å². The van der Waals surface area contributed by atoms with E-state index in [2.05, 4.69) is 0 Å². The Labute approximate surface area is 103 Å². The molecule has 1 rings (SSSR count). The second-order valence-corrected chi connectivity index (χ2v) is 4.25. The second kappa shape index (κ2) is 4.52. The third-order valence-corrected chi connectivity index (χ3v) is 2.85. The fraction of sp³-hybridized carbons (Fsp3) is 0.200. The first kappa shape index (κ1) is 13.1. The average Bonchev–Trinajstić information content (AvgIpc) is 2.14. The SMILES string of the molecule is CC(=O)c1cc(I)c(C=O)c(C(F)(F)F)c1. The van der Waals surface area contributed by atoms with Crippen molar-refractivity contribution in [3.63, 3.8) is 0 Å². The molecule has 0 aromatic heterocycles. The highest BCUT2D eigenvalue weighted by molar-refractivity contribution is 14.1. The molecule has 0 radical (unpaired) electrons. The van der Waals surface area contributed by atoms with Crippen LogP contribution in [-0.4, -0.2) is 12.1 Å². The summed E-state index contributed by atoms with van der Waals surface area (Å²) in [6, 6.07) is 1.97. The zero-order valence-electron chi connectivity index (χ0n) is 8.06. The van der Waals surface area contributed by atoms with Crippen LogP contribution in [0.15, 0.2) is 12.1 Å². The highest BCUT2D eigenvalue weighted by atomic mass is 127. The number of hydrogen-bond acceptors (Lipinski definition) is 2.